The molecular weight excluding hydrogens is 378 g/mol. The highest BCUT2D eigenvalue weighted by atomic mass is 32.1. The van der Waals surface area contributed by atoms with Gasteiger partial charge in [-0.3, -0.25) is 4.79 Å². The van der Waals surface area contributed by atoms with E-state index in [1.165, 1.54) is 28.2 Å². The lowest BCUT2D eigenvalue weighted by Crippen LogP contribution is -2.39. The fourth-order valence-electron chi connectivity index (χ4n) is 3.51. The third-order valence-corrected chi connectivity index (χ3v) is 5.54. The van der Waals surface area contributed by atoms with Gasteiger partial charge in [0.2, 0.25) is 5.91 Å². The summed E-state index contributed by atoms with van der Waals surface area (Å²) in [6.07, 6.45) is 5.26. The Morgan fingerprint density at radius 2 is 1.59 bits per heavy atom. The molecule has 1 aromatic carbocycles. The van der Waals surface area contributed by atoms with Gasteiger partial charge in [-0.05, 0) is 36.6 Å². The van der Waals surface area contributed by atoms with Crippen molar-refractivity contribution in [3.8, 4) is 0 Å². The van der Waals surface area contributed by atoms with Crippen LogP contribution in [0.5, 0.6) is 0 Å². The van der Waals surface area contributed by atoms with Crippen LogP contribution in [0.2, 0.25) is 0 Å². The zero-order chi connectivity index (χ0) is 21.4. The van der Waals surface area contributed by atoms with E-state index in [9.17, 15) is 4.79 Å². The maximum absolute atomic E-state index is 11.6. The Morgan fingerprint density at radius 1 is 1.00 bits per heavy atom. The minimum absolute atomic E-state index is 0.0699. The van der Waals surface area contributed by atoms with E-state index >= 15 is 0 Å². The Hall–Kier alpha value is -2.27. The maximum Gasteiger partial charge on any atom is 0.232 e. The van der Waals surface area contributed by atoms with E-state index in [-0.39, 0.29) is 11.7 Å². The number of amides is 1. The van der Waals surface area contributed by atoms with E-state index in [2.05, 4.69) is 98.5 Å². The molecule has 0 atom stereocenters. The summed E-state index contributed by atoms with van der Waals surface area (Å²) < 4.78 is 2.31. The summed E-state index contributed by atoms with van der Waals surface area (Å²) in [5, 5.41) is 0. The number of hydrogen-bond donors (Lipinski definition) is 1. The molecule has 0 aliphatic heterocycles. The summed E-state index contributed by atoms with van der Waals surface area (Å²) in [6.45, 7) is 9.14. The van der Waals surface area contributed by atoms with E-state index in [1.54, 1.807) is 4.90 Å². The second-order valence-corrected chi connectivity index (χ2v) is 7.81. The monoisotopic (exact) mass is 412 g/mol. The third kappa shape index (κ3) is 6.64. The minimum Gasteiger partial charge on any atom is -0.375 e. The van der Waals surface area contributed by atoms with Crippen LogP contribution in [0.1, 0.15) is 35.9 Å². The molecule has 1 aromatic heterocycles. The van der Waals surface area contributed by atoms with Crippen LogP contribution >= 0.6 is 12.6 Å². The Labute approximate surface area is 181 Å². The summed E-state index contributed by atoms with van der Waals surface area (Å²) in [4.78, 5) is 15.5. The first-order valence-electron chi connectivity index (χ1n) is 10.2. The van der Waals surface area contributed by atoms with E-state index in [0.29, 0.717) is 0 Å². The van der Waals surface area contributed by atoms with Crippen molar-refractivity contribution in [3.05, 3.63) is 58.9 Å². The molecule has 4 nitrogen and oxygen atoms in total. The van der Waals surface area contributed by atoms with Gasteiger partial charge in [-0.1, -0.05) is 24.3 Å². The van der Waals surface area contributed by atoms with Crippen LogP contribution in [-0.4, -0.2) is 43.7 Å². The van der Waals surface area contributed by atoms with Crippen molar-refractivity contribution in [2.75, 3.05) is 37.8 Å². The largest absolute Gasteiger partial charge is 0.375 e. The number of benzene rings is 1. The topological polar surface area (TPSA) is 27.4 Å². The zero-order valence-electron chi connectivity index (χ0n) is 18.4. The lowest BCUT2D eigenvalue weighted by atomic mass is 10.1. The molecule has 0 spiro atoms. The van der Waals surface area contributed by atoms with Crippen LogP contribution in [0.3, 0.4) is 0 Å². The molecule has 0 bridgehead atoms. The number of carbonyl (C=O) groups excluding carboxylic acids is 1. The van der Waals surface area contributed by atoms with Gasteiger partial charge in [0.1, 0.15) is 6.54 Å². The van der Waals surface area contributed by atoms with E-state index < -0.39 is 0 Å². The first-order valence-corrected chi connectivity index (χ1v) is 10.8. The predicted molar refractivity (Wildman–Crippen MR) is 127 cm³/mol. The average Bonchev–Trinajstić information content (AvgIpc) is 2.71. The molecule has 0 fully saturated rings. The van der Waals surface area contributed by atoms with Gasteiger partial charge in [-0.25, -0.2) is 4.57 Å². The van der Waals surface area contributed by atoms with Crippen molar-refractivity contribution >= 4 is 36.4 Å². The number of thiol groups is 1. The molecule has 0 unspecified atom stereocenters. The molecule has 2 rings (SSSR count). The quantitative estimate of drug-likeness (QED) is 0.498. The van der Waals surface area contributed by atoms with Gasteiger partial charge in [-0.15, -0.1) is 0 Å². The highest BCUT2D eigenvalue weighted by molar-refractivity contribution is 7.81. The molecule has 1 heterocycles. The molecule has 0 N–H and O–H groups in total. The van der Waals surface area contributed by atoms with Gasteiger partial charge in [-0.2, -0.15) is 12.6 Å². The summed E-state index contributed by atoms with van der Waals surface area (Å²) in [5.41, 5.74) is 6.16. The van der Waals surface area contributed by atoms with Crippen molar-refractivity contribution < 1.29 is 9.36 Å². The van der Waals surface area contributed by atoms with E-state index in [0.717, 1.165) is 26.1 Å². The molecule has 0 radical (unpaired) electrons. The van der Waals surface area contributed by atoms with Crippen molar-refractivity contribution in [1.29, 1.82) is 0 Å². The lowest BCUT2D eigenvalue weighted by molar-refractivity contribution is -0.705. The molecule has 0 saturated carbocycles. The average molecular weight is 413 g/mol. The maximum atomic E-state index is 11.6. The molecule has 2 aromatic rings. The standard InChI is InChI=1S/C24H33N3OS/c1-6-27-19(2)16-22(17-20(27)3)9-8-21-10-12-23(13-11-21)25(4)14-7-15-26(5)24(28)18-29/h8-13,16-17H,6-7,14-15,18H2,1-5H3/p+1. The first kappa shape index (κ1) is 23.0. The lowest BCUT2D eigenvalue weighted by Gasteiger charge is -2.22. The number of aryl methyl sites for hydroxylation is 2. The van der Waals surface area contributed by atoms with Gasteiger partial charge in [0.05, 0.1) is 5.75 Å². The third-order valence-electron chi connectivity index (χ3n) is 5.27. The van der Waals surface area contributed by atoms with Crippen LogP contribution in [0, 0.1) is 13.8 Å². The number of rotatable bonds is 9. The molecular formula is C24H34N3OS+. The highest BCUT2D eigenvalue weighted by Gasteiger charge is 2.09. The van der Waals surface area contributed by atoms with Crippen molar-refractivity contribution in [1.82, 2.24) is 4.90 Å². The number of pyridine rings is 1. The van der Waals surface area contributed by atoms with Gasteiger partial charge in [0.25, 0.3) is 0 Å². The summed E-state index contributed by atoms with van der Waals surface area (Å²) in [6, 6.07) is 13.0. The van der Waals surface area contributed by atoms with Gasteiger partial charge >= 0.3 is 0 Å². The van der Waals surface area contributed by atoms with Crippen LogP contribution in [-0.2, 0) is 11.3 Å². The molecule has 156 valence electrons. The fraction of sp³-hybridized carbons (Fsp3) is 0.417. The Kier molecular flexibility index (Phi) is 8.77. The van der Waals surface area contributed by atoms with Gasteiger partial charge in [0.15, 0.2) is 11.4 Å². The zero-order valence-corrected chi connectivity index (χ0v) is 19.2. The van der Waals surface area contributed by atoms with E-state index in [1.807, 2.05) is 7.05 Å². The number of hydrogen-bond acceptors (Lipinski definition) is 3. The number of nitrogens with zero attached hydrogens (tertiary/aromatic N) is 3. The minimum atomic E-state index is 0.0699. The van der Waals surface area contributed by atoms with E-state index in [4.69, 9.17) is 0 Å². The van der Waals surface area contributed by atoms with Crippen LogP contribution in [0.15, 0.2) is 36.4 Å². The molecule has 0 saturated heterocycles. The normalized spacial score (nSPS) is 11.1. The van der Waals surface area contributed by atoms with Crippen molar-refractivity contribution in [2.45, 2.75) is 33.7 Å². The van der Waals surface area contributed by atoms with Crippen molar-refractivity contribution in [2.24, 2.45) is 0 Å². The first-order chi connectivity index (χ1) is 13.8. The van der Waals surface area contributed by atoms with Gasteiger partial charge in [0, 0.05) is 58.9 Å². The molecule has 29 heavy (non-hydrogen) atoms. The highest BCUT2D eigenvalue weighted by Crippen LogP contribution is 2.16. The van der Waals surface area contributed by atoms with Crippen molar-refractivity contribution in [3.63, 3.8) is 0 Å². The second kappa shape index (κ2) is 11.1. The summed E-state index contributed by atoms with van der Waals surface area (Å²) in [5.74, 6) is 0.336. The number of aromatic nitrogens is 1. The second-order valence-electron chi connectivity index (χ2n) is 7.49. The van der Waals surface area contributed by atoms with Crippen LogP contribution in [0.4, 0.5) is 5.69 Å². The van der Waals surface area contributed by atoms with Crippen LogP contribution < -0.4 is 9.47 Å². The fourth-order valence-corrected chi connectivity index (χ4v) is 3.75. The Balaban J connectivity index is 1.94. The molecule has 5 heteroatoms. The molecule has 1 amide bonds. The van der Waals surface area contributed by atoms with Crippen LogP contribution in [0.25, 0.3) is 12.2 Å². The number of carbonyl (C=O) groups is 1. The smallest absolute Gasteiger partial charge is 0.232 e. The molecule has 0 aliphatic rings. The summed E-state index contributed by atoms with van der Waals surface area (Å²) in [7, 11) is 3.92. The Bertz CT molecular complexity index is 823. The summed E-state index contributed by atoms with van der Waals surface area (Å²) >= 11 is 4.04. The molecule has 0 aliphatic carbocycles. The SMILES string of the molecule is CC[n+]1c(C)cc(/C=C/c2ccc(N(C)CCCN(C)C(=O)CS)cc2)cc1C. The number of anilines is 1. The van der Waals surface area contributed by atoms with Gasteiger partial charge < -0.3 is 9.80 Å². The Morgan fingerprint density at radius 3 is 2.14 bits per heavy atom. The predicted octanol–water partition coefficient (Wildman–Crippen LogP) is 4.00.